The molecule has 0 bridgehead atoms. The van der Waals surface area contributed by atoms with E-state index in [1.54, 1.807) is 43.3 Å². The quantitative estimate of drug-likeness (QED) is 0.795. The van der Waals surface area contributed by atoms with Crippen molar-refractivity contribution >= 4 is 9.84 Å². The Morgan fingerprint density at radius 3 is 2.50 bits per heavy atom. The largest absolute Gasteiger partial charge is 0.491 e. The molecule has 5 heteroatoms. The molecular weight excluding hydrogens is 300 g/mol. The molecule has 2 aromatic rings. The van der Waals surface area contributed by atoms with E-state index in [2.05, 4.69) is 0 Å². The van der Waals surface area contributed by atoms with Gasteiger partial charge in [0.05, 0.1) is 16.4 Å². The third kappa shape index (κ3) is 3.00. The van der Waals surface area contributed by atoms with Gasteiger partial charge in [-0.05, 0) is 49.2 Å². The van der Waals surface area contributed by atoms with Gasteiger partial charge in [0.2, 0.25) is 9.84 Å². The van der Waals surface area contributed by atoms with Crippen LogP contribution in [0.25, 0.3) is 0 Å². The van der Waals surface area contributed by atoms with Crippen LogP contribution in [0.5, 0.6) is 5.75 Å². The van der Waals surface area contributed by atoms with E-state index in [0.717, 1.165) is 17.7 Å². The summed E-state index contributed by atoms with van der Waals surface area (Å²) in [6, 6.07) is 12.0. The minimum Gasteiger partial charge on any atom is -0.491 e. The van der Waals surface area contributed by atoms with Crippen molar-refractivity contribution in [1.82, 2.24) is 0 Å². The number of epoxide rings is 1. The first kappa shape index (κ1) is 15.1. The summed E-state index contributed by atoms with van der Waals surface area (Å²) in [7, 11) is -3.51. The van der Waals surface area contributed by atoms with Gasteiger partial charge in [-0.1, -0.05) is 18.2 Å². The van der Waals surface area contributed by atoms with E-state index in [-0.39, 0.29) is 11.0 Å². The van der Waals surface area contributed by atoms with Gasteiger partial charge in [-0.15, -0.1) is 0 Å². The molecule has 22 heavy (non-hydrogen) atoms. The topological polar surface area (TPSA) is 55.9 Å². The van der Waals surface area contributed by atoms with E-state index in [0.29, 0.717) is 17.3 Å². The second-order valence-corrected chi connectivity index (χ2v) is 7.38. The Bertz CT molecular complexity index is 792. The third-order valence-electron chi connectivity index (χ3n) is 3.67. The summed E-state index contributed by atoms with van der Waals surface area (Å²) in [4.78, 5) is 0.628. The molecule has 0 N–H and O–H groups in total. The third-order valence-corrected chi connectivity index (χ3v) is 5.58. The molecule has 1 saturated heterocycles. The number of rotatable bonds is 5. The van der Waals surface area contributed by atoms with Gasteiger partial charge in [0, 0.05) is 0 Å². The van der Waals surface area contributed by atoms with Gasteiger partial charge in [0.1, 0.15) is 18.5 Å². The summed E-state index contributed by atoms with van der Waals surface area (Å²) >= 11 is 0. The first-order chi connectivity index (χ1) is 10.5. The Hall–Kier alpha value is -1.85. The molecule has 1 aliphatic heterocycles. The van der Waals surface area contributed by atoms with Crippen LogP contribution in [0.15, 0.2) is 52.3 Å². The Labute approximate surface area is 130 Å². The Morgan fingerprint density at radius 2 is 1.86 bits per heavy atom. The van der Waals surface area contributed by atoms with Gasteiger partial charge in [0.25, 0.3) is 0 Å². The van der Waals surface area contributed by atoms with Crippen molar-refractivity contribution in [3.05, 3.63) is 53.6 Å². The molecule has 0 radical (unpaired) electrons. The molecular formula is C17H18O4S. The van der Waals surface area contributed by atoms with Crippen molar-refractivity contribution in [2.24, 2.45) is 0 Å². The van der Waals surface area contributed by atoms with Gasteiger partial charge >= 0.3 is 0 Å². The molecule has 0 amide bonds. The number of hydrogen-bond donors (Lipinski definition) is 0. The van der Waals surface area contributed by atoms with Crippen molar-refractivity contribution in [3.63, 3.8) is 0 Å². The van der Waals surface area contributed by atoms with Crippen LogP contribution < -0.4 is 4.74 Å². The zero-order valence-electron chi connectivity index (χ0n) is 12.6. The highest BCUT2D eigenvalue weighted by molar-refractivity contribution is 7.91. The summed E-state index contributed by atoms with van der Waals surface area (Å²) in [5.74, 6) is 0.694. The maximum Gasteiger partial charge on any atom is 0.206 e. The molecule has 3 rings (SSSR count). The lowest BCUT2D eigenvalue weighted by atomic mass is 10.2. The molecule has 0 saturated carbocycles. The zero-order valence-corrected chi connectivity index (χ0v) is 13.4. The standard InChI is InChI=1S/C17H18O4S/c1-12-5-3-4-6-17(12)22(18,19)15-7-8-16(13(2)9-15)21-11-14-10-20-14/h3-9,14H,10-11H2,1-2H3. The van der Waals surface area contributed by atoms with Crippen LogP contribution in [-0.2, 0) is 14.6 Å². The molecule has 0 spiro atoms. The van der Waals surface area contributed by atoms with Crippen LogP contribution in [0.1, 0.15) is 11.1 Å². The smallest absolute Gasteiger partial charge is 0.206 e. The number of hydrogen-bond acceptors (Lipinski definition) is 4. The highest BCUT2D eigenvalue weighted by Gasteiger charge is 2.24. The summed E-state index contributed by atoms with van der Waals surface area (Å²) in [5, 5.41) is 0. The summed E-state index contributed by atoms with van der Waals surface area (Å²) < 4.78 is 36.2. The first-order valence-electron chi connectivity index (χ1n) is 7.14. The van der Waals surface area contributed by atoms with Crippen molar-refractivity contribution in [2.45, 2.75) is 29.7 Å². The van der Waals surface area contributed by atoms with Crippen LogP contribution in [0.3, 0.4) is 0 Å². The van der Waals surface area contributed by atoms with E-state index in [4.69, 9.17) is 9.47 Å². The van der Waals surface area contributed by atoms with Crippen LogP contribution in [0.2, 0.25) is 0 Å². The minimum atomic E-state index is -3.51. The maximum absolute atomic E-state index is 12.7. The lowest BCUT2D eigenvalue weighted by molar-refractivity contribution is 0.261. The molecule has 2 aromatic carbocycles. The molecule has 1 atom stereocenters. The van der Waals surface area contributed by atoms with E-state index >= 15 is 0 Å². The van der Waals surface area contributed by atoms with Crippen LogP contribution >= 0.6 is 0 Å². The lowest BCUT2D eigenvalue weighted by Gasteiger charge is -2.11. The fourth-order valence-electron chi connectivity index (χ4n) is 2.28. The minimum absolute atomic E-state index is 0.176. The number of aryl methyl sites for hydroxylation is 2. The fourth-order valence-corrected chi connectivity index (χ4v) is 3.87. The lowest BCUT2D eigenvalue weighted by Crippen LogP contribution is -2.07. The highest BCUT2D eigenvalue weighted by atomic mass is 32.2. The van der Waals surface area contributed by atoms with Gasteiger partial charge < -0.3 is 9.47 Å². The van der Waals surface area contributed by atoms with Gasteiger partial charge in [-0.3, -0.25) is 0 Å². The second kappa shape index (κ2) is 5.74. The van der Waals surface area contributed by atoms with Crippen LogP contribution in [0.4, 0.5) is 0 Å². The van der Waals surface area contributed by atoms with Crippen molar-refractivity contribution in [3.8, 4) is 5.75 Å². The monoisotopic (exact) mass is 318 g/mol. The van der Waals surface area contributed by atoms with Gasteiger partial charge in [-0.25, -0.2) is 8.42 Å². The van der Waals surface area contributed by atoms with E-state index in [1.807, 2.05) is 13.0 Å². The highest BCUT2D eigenvalue weighted by Crippen LogP contribution is 2.28. The number of ether oxygens (including phenoxy) is 2. The number of sulfone groups is 1. The van der Waals surface area contributed by atoms with E-state index in [9.17, 15) is 8.42 Å². The Kier molecular flexibility index (Phi) is 3.93. The fraction of sp³-hybridized carbons (Fsp3) is 0.294. The molecule has 116 valence electrons. The Morgan fingerprint density at radius 1 is 1.14 bits per heavy atom. The van der Waals surface area contributed by atoms with Crippen LogP contribution in [0, 0.1) is 13.8 Å². The van der Waals surface area contributed by atoms with E-state index in [1.165, 1.54) is 0 Å². The SMILES string of the molecule is Cc1cc(S(=O)(=O)c2ccccc2C)ccc1OCC1CO1. The zero-order chi connectivity index (χ0) is 15.7. The van der Waals surface area contributed by atoms with Gasteiger partial charge in [-0.2, -0.15) is 0 Å². The number of benzene rings is 2. The normalized spacial score (nSPS) is 17.3. The molecule has 0 aliphatic carbocycles. The Balaban J connectivity index is 1.90. The molecule has 0 aromatic heterocycles. The molecule has 1 fully saturated rings. The average molecular weight is 318 g/mol. The maximum atomic E-state index is 12.7. The first-order valence-corrected chi connectivity index (χ1v) is 8.62. The van der Waals surface area contributed by atoms with Crippen molar-refractivity contribution < 1.29 is 17.9 Å². The van der Waals surface area contributed by atoms with Gasteiger partial charge in [0.15, 0.2) is 0 Å². The van der Waals surface area contributed by atoms with E-state index < -0.39 is 9.84 Å². The summed E-state index contributed by atoms with van der Waals surface area (Å²) in [6.45, 7) is 4.89. The molecule has 1 heterocycles. The molecule has 1 aliphatic rings. The van der Waals surface area contributed by atoms with Crippen molar-refractivity contribution in [2.75, 3.05) is 13.2 Å². The molecule has 1 unspecified atom stereocenters. The summed E-state index contributed by atoms with van der Waals surface area (Å²) in [5.41, 5.74) is 1.54. The second-order valence-electron chi connectivity index (χ2n) is 5.46. The van der Waals surface area contributed by atoms with Crippen LogP contribution in [-0.4, -0.2) is 27.7 Å². The van der Waals surface area contributed by atoms with Crippen molar-refractivity contribution in [1.29, 1.82) is 0 Å². The summed E-state index contributed by atoms with van der Waals surface area (Å²) in [6.07, 6.45) is 0.176. The molecule has 4 nitrogen and oxygen atoms in total. The predicted octanol–water partition coefficient (Wildman–Crippen LogP) is 2.91. The average Bonchev–Trinajstić information content (AvgIpc) is 3.30. The predicted molar refractivity (Wildman–Crippen MR) is 83.0 cm³/mol.